The number of hydrogen-bond acceptors (Lipinski definition) is 5. The molecule has 3 aromatic rings. The lowest BCUT2D eigenvalue weighted by Crippen LogP contribution is -2.15. The van der Waals surface area contributed by atoms with Crippen LogP contribution in [0.15, 0.2) is 40.9 Å². The van der Waals surface area contributed by atoms with Gasteiger partial charge in [-0.05, 0) is 44.5 Å². The summed E-state index contributed by atoms with van der Waals surface area (Å²) in [6.45, 7) is 6.38. The maximum absolute atomic E-state index is 12.3. The molecule has 28 heavy (non-hydrogen) atoms. The van der Waals surface area contributed by atoms with Crippen LogP contribution >= 0.6 is 34.7 Å². The Labute approximate surface area is 178 Å². The fourth-order valence-corrected chi connectivity index (χ4v) is 4.83. The zero-order chi connectivity index (χ0) is 20.1. The molecule has 0 aliphatic rings. The number of anilines is 1. The van der Waals surface area contributed by atoms with E-state index < -0.39 is 0 Å². The molecule has 2 aromatic heterocycles. The van der Waals surface area contributed by atoms with Gasteiger partial charge in [0.05, 0.1) is 5.75 Å². The second kappa shape index (κ2) is 9.58. The quantitative estimate of drug-likeness (QED) is 0.446. The highest BCUT2D eigenvalue weighted by atomic mass is 35.5. The molecule has 5 nitrogen and oxygen atoms in total. The SMILES string of the molecule is CCCc1cc(-c2nnc(SCC(=O)Nc3cccc(Cl)c3)n2C(C)C)cs1. The lowest BCUT2D eigenvalue weighted by atomic mass is 10.2. The predicted molar refractivity (Wildman–Crippen MR) is 119 cm³/mol. The number of amides is 1. The van der Waals surface area contributed by atoms with Crippen LogP contribution in [0, 0.1) is 0 Å². The third kappa shape index (κ3) is 5.16. The average Bonchev–Trinajstić information content (AvgIpc) is 3.27. The highest BCUT2D eigenvalue weighted by Gasteiger charge is 2.19. The van der Waals surface area contributed by atoms with Crippen molar-refractivity contribution < 1.29 is 4.79 Å². The molecule has 0 saturated carbocycles. The Morgan fingerprint density at radius 3 is 2.86 bits per heavy atom. The fourth-order valence-electron chi connectivity index (χ4n) is 2.81. The monoisotopic (exact) mass is 434 g/mol. The molecular weight excluding hydrogens is 412 g/mol. The van der Waals surface area contributed by atoms with Gasteiger partial charge >= 0.3 is 0 Å². The number of thiophene rings is 1. The van der Waals surface area contributed by atoms with Gasteiger partial charge < -0.3 is 5.32 Å². The molecule has 0 saturated heterocycles. The summed E-state index contributed by atoms with van der Waals surface area (Å²) < 4.78 is 2.09. The smallest absolute Gasteiger partial charge is 0.234 e. The summed E-state index contributed by atoms with van der Waals surface area (Å²) in [7, 11) is 0. The number of carbonyl (C=O) groups is 1. The number of rotatable bonds is 8. The van der Waals surface area contributed by atoms with E-state index in [0.29, 0.717) is 10.7 Å². The van der Waals surface area contributed by atoms with Crippen LogP contribution in [-0.2, 0) is 11.2 Å². The van der Waals surface area contributed by atoms with Crippen molar-refractivity contribution in [3.05, 3.63) is 45.6 Å². The van der Waals surface area contributed by atoms with Gasteiger partial charge in [0.1, 0.15) is 0 Å². The summed E-state index contributed by atoms with van der Waals surface area (Å²) in [5.41, 5.74) is 1.77. The van der Waals surface area contributed by atoms with Gasteiger partial charge in [0.2, 0.25) is 5.91 Å². The molecule has 0 fully saturated rings. The van der Waals surface area contributed by atoms with Gasteiger partial charge in [-0.2, -0.15) is 0 Å². The van der Waals surface area contributed by atoms with Crippen LogP contribution in [0.5, 0.6) is 0 Å². The predicted octanol–water partition coefficient (Wildman–Crippen LogP) is 5.92. The van der Waals surface area contributed by atoms with Crippen LogP contribution in [0.2, 0.25) is 5.02 Å². The van der Waals surface area contributed by atoms with Crippen LogP contribution in [0.4, 0.5) is 5.69 Å². The van der Waals surface area contributed by atoms with Crippen LogP contribution < -0.4 is 5.32 Å². The van der Waals surface area contributed by atoms with Crippen LogP contribution in [0.3, 0.4) is 0 Å². The number of aromatic nitrogens is 3. The Morgan fingerprint density at radius 1 is 1.32 bits per heavy atom. The van der Waals surface area contributed by atoms with Gasteiger partial charge in [-0.15, -0.1) is 21.5 Å². The Kier molecular flexibility index (Phi) is 7.15. The maximum atomic E-state index is 12.3. The second-order valence-corrected chi connectivity index (χ2v) is 9.04. The Balaban J connectivity index is 1.71. The van der Waals surface area contributed by atoms with Crippen molar-refractivity contribution in [2.75, 3.05) is 11.1 Å². The van der Waals surface area contributed by atoms with E-state index in [-0.39, 0.29) is 17.7 Å². The number of carbonyl (C=O) groups excluding carboxylic acids is 1. The van der Waals surface area contributed by atoms with E-state index in [1.165, 1.54) is 16.6 Å². The summed E-state index contributed by atoms with van der Waals surface area (Å²) in [5, 5.41) is 15.1. The molecule has 1 amide bonds. The highest BCUT2D eigenvalue weighted by molar-refractivity contribution is 7.99. The Morgan fingerprint density at radius 2 is 2.14 bits per heavy atom. The zero-order valence-corrected chi connectivity index (χ0v) is 18.5. The largest absolute Gasteiger partial charge is 0.325 e. The first kappa shape index (κ1) is 20.9. The number of nitrogens with one attached hydrogen (secondary N) is 1. The molecule has 0 unspecified atom stereocenters. The third-order valence-electron chi connectivity index (χ3n) is 4.03. The first-order valence-corrected chi connectivity index (χ1v) is 11.4. The third-order valence-corrected chi connectivity index (χ3v) is 6.20. The Bertz CT molecular complexity index is 951. The average molecular weight is 435 g/mol. The molecule has 0 radical (unpaired) electrons. The summed E-state index contributed by atoms with van der Waals surface area (Å²) in [6, 6.07) is 9.50. The van der Waals surface area contributed by atoms with E-state index in [1.54, 1.807) is 29.5 Å². The topological polar surface area (TPSA) is 59.8 Å². The number of thioether (sulfide) groups is 1. The summed E-state index contributed by atoms with van der Waals surface area (Å²) in [6.07, 6.45) is 2.20. The van der Waals surface area contributed by atoms with Gasteiger partial charge in [-0.25, -0.2) is 0 Å². The van der Waals surface area contributed by atoms with E-state index in [2.05, 4.69) is 52.3 Å². The first-order valence-electron chi connectivity index (χ1n) is 9.18. The van der Waals surface area contributed by atoms with E-state index in [4.69, 9.17) is 11.6 Å². The number of benzene rings is 1. The molecule has 1 N–H and O–H groups in total. The summed E-state index contributed by atoms with van der Waals surface area (Å²) in [4.78, 5) is 13.7. The van der Waals surface area contributed by atoms with Gasteiger partial charge in [-0.3, -0.25) is 9.36 Å². The minimum atomic E-state index is -0.104. The van der Waals surface area contributed by atoms with Crippen molar-refractivity contribution in [2.45, 2.75) is 44.8 Å². The van der Waals surface area contributed by atoms with E-state index in [9.17, 15) is 4.79 Å². The first-order chi connectivity index (χ1) is 13.5. The molecule has 8 heteroatoms. The van der Waals surface area contributed by atoms with Crippen molar-refractivity contribution in [1.82, 2.24) is 14.8 Å². The lowest BCUT2D eigenvalue weighted by Gasteiger charge is -2.13. The van der Waals surface area contributed by atoms with Crippen molar-refractivity contribution in [2.24, 2.45) is 0 Å². The molecular formula is C20H23ClN4OS2. The maximum Gasteiger partial charge on any atom is 0.234 e. The minimum absolute atomic E-state index is 0.104. The van der Waals surface area contributed by atoms with E-state index >= 15 is 0 Å². The van der Waals surface area contributed by atoms with Crippen LogP contribution in [0.1, 0.15) is 38.1 Å². The van der Waals surface area contributed by atoms with E-state index in [0.717, 1.165) is 29.4 Å². The number of aryl methyl sites for hydroxylation is 1. The zero-order valence-electron chi connectivity index (χ0n) is 16.1. The molecule has 0 atom stereocenters. The molecule has 0 aliphatic carbocycles. The molecule has 0 spiro atoms. The molecule has 1 aromatic carbocycles. The minimum Gasteiger partial charge on any atom is -0.325 e. The van der Waals surface area contributed by atoms with Crippen molar-refractivity contribution >= 4 is 46.3 Å². The van der Waals surface area contributed by atoms with Gasteiger partial charge in [0, 0.05) is 32.6 Å². The molecule has 148 valence electrons. The summed E-state index contributed by atoms with van der Waals surface area (Å²) >= 11 is 9.11. The molecule has 0 aliphatic heterocycles. The van der Waals surface area contributed by atoms with Crippen LogP contribution in [0.25, 0.3) is 11.4 Å². The lowest BCUT2D eigenvalue weighted by molar-refractivity contribution is -0.113. The standard InChI is InChI=1S/C20H23ClN4OS2/c1-4-6-17-9-14(11-27-17)19-23-24-20(25(19)13(2)3)28-12-18(26)22-16-8-5-7-15(21)10-16/h5,7-11,13H,4,6,12H2,1-3H3,(H,22,26). The number of nitrogens with zero attached hydrogens (tertiary/aromatic N) is 3. The van der Waals surface area contributed by atoms with Crippen molar-refractivity contribution in [3.8, 4) is 11.4 Å². The van der Waals surface area contributed by atoms with E-state index in [1.807, 2.05) is 6.07 Å². The van der Waals surface area contributed by atoms with Gasteiger partial charge in [0.15, 0.2) is 11.0 Å². The normalized spacial score (nSPS) is 11.2. The van der Waals surface area contributed by atoms with Gasteiger partial charge in [0.25, 0.3) is 0 Å². The molecule has 0 bridgehead atoms. The van der Waals surface area contributed by atoms with Gasteiger partial charge in [-0.1, -0.05) is 42.8 Å². The Hall–Kier alpha value is -1.83. The molecule has 3 rings (SSSR count). The fraction of sp³-hybridized carbons (Fsp3) is 0.350. The highest BCUT2D eigenvalue weighted by Crippen LogP contribution is 2.31. The van der Waals surface area contributed by atoms with Crippen LogP contribution in [-0.4, -0.2) is 26.4 Å². The summed E-state index contributed by atoms with van der Waals surface area (Å²) in [5.74, 6) is 1.00. The second-order valence-electron chi connectivity index (χ2n) is 6.67. The number of halogens is 1. The van der Waals surface area contributed by atoms with Crippen molar-refractivity contribution in [1.29, 1.82) is 0 Å². The van der Waals surface area contributed by atoms with Crippen molar-refractivity contribution in [3.63, 3.8) is 0 Å². The molecule has 2 heterocycles. The number of hydrogen-bond donors (Lipinski definition) is 1.